The molecule has 4 nitrogen and oxygen atoms in total. The smallest absolute Gasteiger partial charge is 0.272 e. The van der Waals surface area contributed by atoms with E-state index in [1.54, 1.807) is 18.2 Å². The van der Waals surface area contributed by atoms with Crippen LogP contribution >= 0.6 is 24.2 Å². The molecule has 0 saturated carbocycles. The quantitative estimate of drug-likeness (QED) is 0.904. The van der Waals surface area contributed by atoms with Crippen molar-refractivity contribution in [2.45, 2.75) is 18.6 Å². The molecule has 1 unspecified atom stereocenters. The second-order valence-corrected chi connectivity index (χ2v) is 5.51. The molecule has 0 radical (unpaired) electrons. The van der Waals surface area contributed by atoms with Gasteiger partial charge < -0.3 is 10.6 Å². The third kappa shape index (κ3) is 3.53. The van der Waals surface area contributed by atoms with E-state index in [-0.39, 0.29) is 18.3 Å². The fourth-order valence-electron chi connectivity index (χ4n) is 1.88. The first kappa shape index (κ1) is 15.1. The molecule has 1 amide bonds. The molecule has 1 fully saturated rings. The van der Waals surface area contributed by atoms with Crippen molar-refractivity contribution in [1.29, 1.82) is 0 Å². The largest absolute Gasteiger partial charge is 0.384 e. The number of rotatable bonds is 2. The molecule has 6 heteroatoms. The standard InChI is InChI=1S/C12H17N3OS.ClH/c1-2-9-8-15(6-7-17-9)12(16)10-4-3-5-11(13)14-10;/h3-5,9H,2,6-8H2,1H3,(H2,13,14);1H. The maximum atomic E-state index is 12.2. The van der Waals surface area contributed by atoms with Gasteiger partial charge in [0.25, 0.3) is 5.91 Å². The van der Waals surface area contributed by atoms with Crippen LogP contribution in [-0.2, 0) is 0 Å². The topological polar surface area (TPSA) is 59.2 Å². The monoisotopic (exact) mass is 287 g/mol. The number of halogens is 1. The van der Waals surface area contributed by atoms with E-state index in [0.717, 1.165) is 25.3 Å². The Labute approximate surface area is 118 Å². The van der Waals surface area contributed by atoms with Crippen LogP contribution in [0.15, 0.2) is 18.2 Å². The number of nitrogens with two attached hydrogens (primary N) is 1. The van der Waals surface area contributed by atoms with Crippen molar-refractivity contribution < 1.29 is 4.79 Å². The summed E-state index contributed by atoms with van der Waals surface area (Å²) in [7, 11) is 0. The van der Waals surface area contributed by atoms with Crippen molar-refractivity contribution in [3.05, 3.63) is 23.9 Å². The zero-order chi connectivity index (χ0) is 12.3. The summed E-state index contributed by atoms with van der Waals surface area (Å²) in [5.41, 5.74) is 6.04. The van der Waals surface area contributed by atoms with Gasteiger partial charge in [0.1, 0.15) is 11.5 Å². The van der Waals surface area contributed by atoms with E-state index in [1.165, 1.54) is 0 Å². The molecule has 100 valence electrons. The van der Waals surface area contributed by atoms with Crippen LogP contribution in [0.2, 0.25) is 0 Å². The maximum Gasteiger partial charge on any atom is 0.272 e. The minimum absolute atomic E-state index is 0. The lowest BCUT2D eigenvalue weighted by Gasteiger charge is -2.31. The highest BCUT2D eigenvalue weighted by atomic mass is 35.5. The molecule has 2 heterocycles. The molecule has 0 aliphatic carbocycles. The van der Waals surface area contributed by atoms with Crippen LogP contribution < -0.4 is 5.73 Å². The van der Waals surface area contributed by atoms with Gasteiger partial charge in [-0.1, -0.05) is 13.0 Å². The summed E-state index contributed by atoms with van der Waals surface area (Å²) in [5, 5.41) is 0.550. The number of nitrogens with zero attached hydrogens (tertiary/aromatic N) is 2. The summed E-state index contributed by atoms with van der Waals surface area (Å²) in [6, 6.07) is 5.19. The Morgan fingerprint density at radius 3 is 3.06 bits per heavy atom. The van der Waals surface area contributed by atoms with Gasteiger partial charge in [-0.25, -0.2) is 4.98 Å². The van der Waals surface area contributed by atoms with Crippen LogP contribution in [0.4, 0.5) is 5.82 Å². The summed E-state index contributed by atoms with van der Waals surface area (Å²) in [4.78, 5) is 18.2. The molecule has 0 spiro atoms. The molecule has 1 aromatic heterocycles. The van der Waals surface area contributed by atoms with Gasteiger partial charge in [0.05, 0.1) is 0 Å². The van der Waals surface area contributed by atoms with Gasteiger partial charge in [0.2, 0.25) is 0 Å². The first-order chi connectivity index (χ1) is 8.20. The van der Waals surface area contributed by atoms with E-state index >= 15 is 0 Å². The van der Waals surface area contributed by atoms with Crippen molar-refractivity contribution in [3.8, 4) is 0 Å². The summed E-state index contributed by atoms with van der Waals surface area (Å²) in [6.07, 6.45) is 1.10. The number of hydrogen-bond acceptors (Lipinski definition) is 4. The Balaban J connectivity index is 0.00000162. The van der Waals surface area contributed by atoms with Crippen molar-refractivity contribution >= 4 is 35.9 Å². The minimum Gasteiger partial charge on any atom is -0.384 e. The van der Waals surface area contributed by atoms with E-state index < -0.39 is 0 Å². The zero-order valence-electron chi connectivity index (χ0n) is 10.3. The molecule has 1 aliphatic rings. The third-order valence-electron chi connectivity index (χ3n) is 2.87. The fraction of sp³-hybridized carbons (Fsp3) is 0.500. The van der Waals surface area contributed by atoms with E-state index in [1.807, 2.05) is 16.7 Å². The van der Waals surface area contributed by atoms with Crippen molar-refractivity contribution in [2.75, 3.05) is 24.6 Å². The van der Waals surface area contributed by atoms with Gasteiger partial charge in [-0.2, -0.15) is 11.8 Å². The average Bonchev–Trinajstić information content (AvgIpc) is 2.38. The van der Waals surface area contributed by atoms with Crippen molar-refractivity contribution in [2.24, 2.45) is 0 Å². The molecule has 0 aromatic carbocycles. The molecular weight excluding hydrogens is 270 g/mol. The number of hydrogen-bond donors (Lipinski definition) is 1. The minimum atomic E-state index is -0.00366. The van der Waals surface area contributed by atoms with E-state index in [2.05, 4.69) is 11.9 Å². The Morgan fingerprint density at radius 2 is 2.39 bits per heavy atom. The van der Waals surface area contributed by atoms with Gasteiger partial charge in [-0.3, -0.25) is 4.79 Å². The molecule has 18 heavy (non-hydrogen) atoms. The van der Waals surface area contributed by atoms with Crippen LogP contribution in [0.5, 0.6) is 0 Å². The highest BCUT2D eigenvalue weighted by molar-refractivity contribution is 8.00. The highest BCUT2D eigenvalue weighted by Crippen LogP contribution is 2.22. The first-order valence-corrected chi connectivity index (χ1v) is 6.89. The van der Waals surface area contributed by atoms with Crippen molar-refractivity contribution in [1.82, 2.24) is 9.88 Å². The molecule has 1 aromatic rings. The first-order valence-electron chi connectivity index (χ1n) is 5.84. The second kappa shape index (κ2) is 6.85. The number of thioether (sulfide) groups is 1. The van der Waals surface area contributed by atoms with Gasteiger partial charge >= 0.3 is 0 Å². The van der Waals surface area contributed by atoms with Crippen molar-refractivity contribution in [3.63, 3.8) is 0 Å². The number of carbonyl (C=O) groups excluding carboxylic acids is 1. The second-order valence-electron chi connectivity index (χ2n) is 4.10. The molecule has 2 N–H and O–H groups in total. The number of carbonyl (C=O) groups is 1. The normalized spacial score (nSPS) is 19.2. The lowest BCUT2D eigenvalue weighted by molar-refractivity contribution is 0.0755. The van der Waals surface area contributed by atoms with Gasteiger partial charge in [0, 0.05) is 24.1 Å². The van der Waals surface area contributed by atoms with Crippen LogP contribution in [0.3, 0.4) is 0 Å². The summed E-state index contributed by atoms with van der Waals surface area (Å²) in [6.45, 7) is 3.78. The molecule has 1 aliphatic heterocycles. The van der Waals surface area contributed by atoms with Crippen LogP contribution in [-0.4, -0.2) is 39.9 Å². The Kier molecular flexibility index (Phi) is 5.75. The van der Waals surface area contributed by atoms with Crippen LogP contribution in [0.25, 0.3) is 0 Å². The molecule has 1 atom stereocenters. The summed E-state index contributed by atoms with van der Waals surface area (Å²) in [5.74, 6) is 1.40. The molecule has 2 rings (SSSR count). The SMILES string of the molecule is CCC1CN(C(=O)c2cccc(N)n2)CCS1.Cl. The third-order valence-corrected chi connectivity index (χ3v) is 4.24. The Hall–Kier alpha value is -0.940. The highest BCUT2D eigenvalue weighted by Gasteiger charge is 2.24. The number of amides is 1. The summed E-state index contributed by atoms with van der Waals surface area (Å²) >= 11 is 1.94. The Morgan fingerprint density at radius 1 is 1.61 bits per heavy atom. The Bertz CT molecular complexity index is 416. The van der Waals surface area contributed by atoms with Gasteiger partial charge in [-0.15, -0.1) is 12.4 Å². The predicted molar refractivity (Wildman–Crippen MR) is 78.3 cm³/mol. The van der Waals surface area contributed by atoms with Crippen LogP contribution in [0.1, 0.15) is 23.8 Å². The van der Waals surface area contributed by atoms with E-state index in [9.17, 15) is 4.79 Å². The zero-order valence-corrected chi connectivity index (χ0v) is 12.0. The van der Waals surface area contributed by atoms with E-state index in [0.29, 0.717) is 16.8 Å². The summed E-state index contributed by atoms with van der Waals surface area (Å²) < 4.78 is 0. The van der Waals surface area contributed by atoms with Gasteiger partial charge in [0.15, 0.2) is 0 Å². The number of nitrogen functional groups attached to an aromatic ring is 1. The number of anilines is 1. The fourth-order valence-corrected chi connectivity index (χ4v) is 3.06. The maximum absolute atomic E-state index is 12.2. The lowest BCUT2D eigenvalue weighted by atomic mass is 10.2. The van der Waals surface area contributed by atoms with Gasteiger partial charge in [-0.05, 0) is 18.6 Å². The molecule has 0 bridgehead atoms. The van der Waals surface area contributed by atoms with E-state index in [4.69, 9.17) is 5.73 Å². The van der Waals surface area contributed by atoms with Crippen LogP contribution in [0, 0.1) is 0 Å². The molecular formula is C12H18ClN3OS. The molecule has 1 saturated heterocycles. The lowest BCUT2D eigenvalue weighted by Crippen LogP contribution is -2.42. The average molecular weight is 288 g/mol. The number of aromatic nitrogens is 1. The predicted octanol–water partition coefficient (Wildman–Crippen LogP) is 2.05. The number of pyridine rings is 1.